The maximum atomic E-state index is 4.84. The van der Waals surface area contributed by atoms with E-state index in [1.54, 1.807) is 7.05 Å². The molecule has 58 valence electrons. The highest BCUT2D eigenvalue weighted by molar-refractivity contribution is 7.80. The fraction of sp³-hybridized carbons (Fsp3) is 0.500. The van der Waals surface area contributed by atoms with Crippen LogP contribution in [0.25, 0.3) is 0 Å². The third-order valence-electron chi connectivity index (χ3n) is 0.850. The maximum Gasteiger partial charge on any atom is 0.166 e. The van der Waals surface area contributed by atoms with Gasteiger partial charge in [0, 0.05) is 7.05 Å². The Morgan fingerprint density at radius 3 is 3.00 bits per heavy atom. The second-order valence-electron chi connectivity index (χ2n) is 1.54. The predicted octanol–water partition coefficient (Wildman–Crippen LogP) is 0.240. The SMILES string of the molecule is C=COCCNC(=S)NC. The van der Waals surface area contributed by atoms with Crippen molar-refractivity contribution in [3.05, 3.63) is 12.8 Å². The molecule has 0 unspecified atom stereocenters. The summed E-state index contributed by atoms with van der Waals surface area (Å²) in [5.74, 6) is 0. The quantitative estimate of drug-likeness (QED) is 0.351. The summed E-state index contributed by atoms with van der Waals surface area (Å²) < 4.78 is 4.84. The Morgan fingerprint density at radius 2 is 2.50 bits per heavy atom. The summed E-state index contributed by atoms with van der Waals surface area (Å²) in [5, 5.41) is 6.33. The normalized spacial score (nSPS) is 8.10. The molecule has 0 aromatic heterocycles. The van der Waals surface area contributed by atoms with Gasteiger partial charge in [0.15, 0.2) is 5.11 Å². The van der Waals surface area contributed by atoms with Gasteiger partial charge in [-0.05, 0) is 12.2 Å². The van der Waals surface area contributed by atoms with E-state index in [-0.39, 0.29) is 0 Å². The molecule has 0 aliphatic rings. The molecule has 4 heteroatoms. The first-order valence-corrected chi connectivity index (χ1v) is 3.40. The van der Waals surface area contributed by atoms with E-state index >= 15 is 0 Å². The average molecular weight is 160 g/mol. The molecule has 0 saturated heterocycles. The van der Waals surface area contributed by atoms with E-state index in [1.165, 1.54) is 6.26 Å². The van der Waals surface area contributed by atoms with Crippen LogP contribution in [0.15, 0.2) is 12.8 Å². The molecule has 2 N–H and O–H groups in total. The molecule has 0 rings (SSSR count). The lowest BCUT2D eigenvalue weighted by Gasteiger charge is -2.05. The lowest BCUT2D eigenvalue weighted by atomic mass is 10.7. The van der Waals surface area contributed by atoms with Gasteiger partial charge in [0.25, 0.3) is 0 Å². The molecule has 0 heterocycles. The summed E-state index contributed by atoms with van der Waals surface area (Å²) in [6.07, 6.45) is 1.41. The van der Waals surface area contributed by atoms with Crippen LogP contribution >= 0.6 is 12.2 Å². The zero-order chi connectivity index (χ0) is 7.82. The van der Waals surface area contributed by atoms with E-state index < -0.39 is 0 Å². The van der Waals surface area contributed by atoms with Crippen LogP contribution in [-0.2, 0) is 4.74 Å². The van der Waals surface area contributed by atoms with Crippen molar-refractivity contribution in [2.24, 2.45) is 0 Å². The van der Waals surface area contributed by atoms with Crippen molar-refractivity contribution in [1.82, 2.24) is 10.6 Å². The minimum atomic E-state index is 0.589. The van der Waals surface area contributed by atoms with Crippen LogP contribution in [-0.4, -0.2) is 25.3 Å². The first-order valence-electron chi connectivity index (χ1n) is 2.99. The highest BCUT2D eigenvalue weighted by Gasteiger charge is 1.87. The van der Waals surface area contributed by atoms with E-state index in [0.29, 0.717) is 18.3 Å². The lowest BCUT2D eigenvalue weighted by molar-refractivity contribution is 0.256. The largest absolute Gasteiger partial charge is 0.500 e. The van der Waals surface area contributed by atoms with Crippen LogP contribution in [0.3, 0.4) is 0 Å². The van der Waals surface area contributed by atoms with Gasteiger partial charge in [0.05, 0.1) is 12.8 Å². The number of thiocarbonyl (C=S) groups is 1. The summed E-state index contributed by atoms with van der Waals surface area (Å²) in [7, 11) is 1.77. The molecule has 0 radical (unpaired) electrons. The van der Waals surface area contributed by atoms with Crippen molar-refractivity contribution in [2.45, 2.75) is 0 Å². The van der Waals surface area contributed by atoms with Crippen LogP contribution in [0, 0.1) is 0 Å². The molecule has 0 fully saturated rings. The monoisotopic (exact) mass is 160 g/mol. The van der Waals surface area contributed by atoms with E-state index in [2.05, 4.69) is 17.2 Å². The van der Waals surface area contributed by atoms with Crippen LogP contribution in [0.5, 0.6) is 0 Å². The first-order chi connectivity index (χ1) is 4.81. The average Bonchev–Trinajstić information content (AvgIpc) is 1.98. The minimum absolute atomic E-state index is 0.589. The summed E-state index contributed by atoms with van der Waals surface area (Å²) in [5.41, 5.74) is 0. The van der Waals surface area contributed by atoms with Crippen molar-refractivity contribution in [3.63, 3.8) is 0 Å². The van der Waals surface area contributed by atoms with E-state index in [0.717, 1.165) is 0 Å². The third kappa shape index (κ3) is 5.37. The van der Waals surface area contributed by atoms with Gasteiger partial charge in [-0.15, -0.1) is 0 Å². The van der Waals surface area contributed by atoms with Crippen LogP contribution < -0.4 is 10.6 Å². The lowest BCUT2D eigenvalue weighted by Crippen LogP contribution is -2.34. The van der Waals surface area contributed by atoms with Gasteiger partial charge in [-0.2, -0.15) is 0 Å². The molecule has 0 spiro atoms. The molecular weight excluding hydrogens is 148 g/mol. The van der Waals surface area contributed by atoms with Crippen molar-refractivity contribution in [2.75, 3.05) is 20.2 Å². The molecule has 3 nitrogen and oxygen atoms in total. The molecule has 0 saturated carbocycles. The first kappa shape index (κ1) is 9.23. The summed E-state index contributed by atoms with van der Waals surface area (Å²) in [6, 6.07) is 0. The topological polar surface area (TPSA) is 33.3 Å². The Hall–Kier alpha value is -0.770. The summed E-state index contributed by atoms with van der Waals surface area (Å²) in [4.78, 5) is 0. The number of hydrogen-bond donors (Lipinski definition) is 2. The maximum absolute atomic E-state index is 4.84. The zero-order valence-corrected chi connectivity index (χ0v) is 6.83. The number of hydrogen-bond acceptors (Lipinski definition) is 2. The molecule has 0 bridgehead atoms. The van der Waals surface area contributed by atoms with Gasteiger partial charge in [-0.25, -0.2) is 0 Å². The van der Waals surface area contributed by atoms with E-state index in [1.807, 2.05) is 0 Å². The Morgan fingerprint density at radius 1 is 1.80 bits per heavy atom. The van der Waals surface area contributed by atoms with E-state index in [4.69, 9.17) is 17.0 Å². The zero-order valence-electron chi connectivity index (χ0n) is 6.02. The fourth-order valence-corrected chi connectivity index (χ4v) is 0.497. The van der Waals surface area contributed by atoms with Gasteiger partial charge in [-0.1, -0.05) is 6.58 Å². The molecule has 0 aromatic carbocycles. The third-order valence-corrected chi connectivity index (χ3v) is 1.20. The Kier molecular flexibility index (Phi) is 5.86. The van der Waals surface area contributed by atoms with Gasteiger partial charge in [0.1, 0.15) is 6.61 Å². The summed E-state index contributed by atoms with van der Waals surface area (Å²) in [6.45, 7) is 4.69. The van der Waals surface area contributed by atoms with Gasteiger partial charge in [-0.3, -0.25) is 0 Å². The summed E-state index contributed by atoms with van der Waals surface area (Å²) >= 11 is 4.80. The van der Waals surface area contributed by atoms with Gasteiger partial charge < -0.3 is 15.4 Å². The molecule has 10 heavy (non-hydrogen) atoms. The van der Waals surface area contributed by atoms with E-state index in [9.17, 15) is 0 Å². The van der Waals surface area contributed by atoms with Crippen molar-refractivity contribution >= 4 is 17.3 Å². The second kappa shape index (κ2) is 6.35. The number of nitrogens with one attached hydrogen (secondary N) is 2. The van der Waals surface area contributed by atoms with Crippen LogP contribution in [0.2, 0.25) is 0 Å². The highest BCUT2D eigenvalue weighted by atomic mass is 32.1. The molecule has 0 atom stereocenters. The van der Waals surface area contributed by atoms with Crippen molar-refractivity contribution < 1.29 is 4.74 Å². The van der Waals surface area contributed by atoms with Crippen LogP contribution in [0.1, 0.15) is 0 Å². The number of rotatable bonds is 4. The highest BCUT2D eigenvalue weighted by Crippen LogP contribution is 1.70. The Labute approximate surface area is 66.4 Å². The molecule has 0 amide bonds. The standard InChI is InChI=1S/C6H12N2OS/c1-3-9-5-4-8-6(10)7-2/h3H,1,4-5H2,2H3,(H2,7,8,10). The fourth-order valence-electron chi connectivity index (χ4n) is 0.395. The Bertz CT molecular complexity index is 116. The van der Waals surface area contributed by atoms with Gasteiger partial charge in [0.2, 0.25) is 0 Å². The second-order valence-corrected chi connectivity index (χ2v) is 1.95. The van der Waals surface area contributed by atoms with Crippen molar-refractivity contribution in [3.8, 4) is 0 Å². The molecule has 0 aromatic rings. The smallest absolute Gasteiger partial charge is 0.166 e. The Balaban J connectivity index is 3.03. The van der Waals surface area contributed by atoms with Gasteiger partial charge >= 0.3 is 0 Å². The van der Waals surface area contributed by atoms with Crippen molar-refractivity contribution in [1.29, 1.82) is 0 Å². The predicted molar refractivity (Wildman–Crippen MR) is 45.8 cm³/mol. The molecular formula is C6H12N2OS. The molecule has 0 aliphatic carbocycles. The molecule has 0 aliphatic heterocycles. The minimum Gasteiger partial charge on any atom is -0.500 e. The van der Waals surface area contributed by atoms with Crippen LogP contribution in [0.4, 0.5) is 0 Å². The number of ether oxygens (including phenoxy) is 1.